The number of hydrogen-bond acceptors (Lipinski definition) is 4. The Hall–Kier alpha value is -0.650. The van der Waals surface area contributed by atoms with Crippen LogP contribution in [0.5, 0.6) is 0 Å². The number of ether oxygens (including phenoxy) is 1. The molecule has 2 unspecified atom stereocenters. The summed E-state index contributed by atoms with van der Waals surface area (Å²) in [6.45, 7) is 8.72. The fourth-order valence-electron chi connectivity index (χ4n) is 3.42. The molecule has 5 heteroatoms. The molecular formula is C15H31N3O2. The Labute approximate surface area is 123 Å². The molecule has 0 aromatic carbocycles. The summed E-state index contributed by atoms with van der Waals surface area (Å²) >= 11 is 0. The van der Waals surface area contributed by atoms with E-state index in [4.69, 9.17) is 10.5 Å². The van der Waals surface area contributed by atoms with Gasteiger partial charge in [0.05, 0.1) is 6.61 Å². The molecule has 1 amide bonds. The summed E-state index contributed by atoms with van der Waals surface area (Å²) in [6.07, 6.45) is 4.08. The highest BCUT2D eigenvalue weighted by Crippen LogP contribution is 2.37. The lowest BCUT2D eigenvalue weighted by molar-refractivity contribution is -0.126. The van der Waals surface area contributed by atoms with Crippen LogP contribution >= 0.6 is 0 Å². The molecule has 0 spiro atoms. The average molecular weight is 285 g/mol. The number of likely N-dealkylation sites (N-methyl/N-ethyl adjacent to an activating group) is 2. The second kappa shape index (κ2) is 8.60. The Morgan fingerprint density at radius 3 is 2.75 bits per heavy atom. The Bertz CT molecular complexity index is 299. The maximum Gasteiger partial charge on any atom is 0.238 e. The lowest BCUT2D eigenvalue weighted by Crippen LogP contribution is -2.58. The molecule has 0 aliphatic heterocycles. The van der Waals surface area contributed by atoms with Crippen molar-refractivity contribution in [1.29, 1.82) is 0 Å². The van der Waals surface area contributed by atoms with E-state index >= 15 is 0 Å². The van der Waals surface area contributed by atoms with Crippen molar-refractivity contribution in [2.45, 2.75) is 45.1 Å². The van der Waals surface area contributed by atoms with Crippen LogP contribution in [0.2, 0.25) is 0 Å². The van der Waals surface area contributed by atoms with Crippen LogP contribution in [0.25, 0.3) is 0 Å². The van der Waals surface area contributed by atoms with Crippen molar-refractivity contribution in [2.24, 2.45) is 11.7 Å². The number of rotatable bonds is 10. The van der Waals surface area contributed by atoms with Gasteiger partial charge in [-0.3, -0.25) is 4.79 Å². The number of nitrogens with two attached hydrogens (primary N) is 1. The zero-order valence-corrected chi connectivity index (χ0v) is 13.3. The monoisotopic (exact) mass is 285 g/mol. The molecule has 0 heterocycles. The minimum Gasteiger partial charge on any atom is -0.383 e. The van der Waals surface area contributed by atoms with Crippen molar-refractivity contribution >= 4 is 5.91 Å². The fraction of sp³-hybridized carbons (Fsp3) is 0.933. The van der Waals surface area contributed by atoms with Crippen LogP contribution in [-0.2, 0) is 9.53 Å². The first kappa shape index (κ1) is 17.4. The van der Waals surface area contributed by atoms with E-state index in [-0.39, 0.29) is 5.91 Å². The maximum atomic E-state index is 11.9. The Balaban J connectivity index is 2.57. The molecule has 0 saturated heterocycles. The van der Waals surface area contributed by atoms with Gasteiger partial charge in [0, 0.05) is 13.7 Å². The van der Waals surface area contributed by atoms with Gasteiger partial charge in [0.25, 0.3) is 0 Å². The minimum absolute atomic E-state index is 0.179. The third-order valence-corrected chi connectivity index (χ3v) is 4.61. The predicted octanol–water partition coefficient (Wildman–Crippen LogP) is 0.978. The van der Waals surface area contributed by atoms with Crippen LogP contribution in [0.1, 0.15) is 39.5 Å². The lowest BCUT2D eigenvalue weighted by Gasteiger charge is -2.34. The van der Waals surface area contributed by atoms with Gasteiger partial charge in [-0.05, 0) is 44.8 Å². The molecule has 0 aromatic rings. The SMILES string of the molecule is CCNC1(C(N)=O)CCCC1CCN(CC)CCOC. The number of carbonyl (C=O) groups is 1. The van der Waals surface area contributed by atoms with E-state index in [1.165, 1.54) is 0 Å². The smallest absolute Gasteiger partial charge is 0.238 e. The summed E-state index contributed by atoms with van der Waals surface area (Å²) in [5, 5.41) is 3.37. The third-order valence-electron chi connectivity index (χ3n) is 4.61. The van der Waals surface area contributed by atoms with Gasteiger partial charge in [-0.2, -0.15) is 0 Å². The highest BCUT2D eigenvalue weighted by Gasteiger charge is 2.46. The standard InChI is InChI=1S/C15H31N3O2/c1-4-17-15(14(16)19)9-6-7-13(15)8-10-18(5-2)11-12-20-3/h13,17H,4-12H2,1-3H3,(H2,16,19). The van der Waals surface area contributed by atoms with Gasteiger partial charge in [0.15, 0.2) is 0 Å². The third kappa shape index (κ3) is 4.17. The van der Waals surface area contributed by atoms with E-state index in [1.54, 1.807) is 7.11 Å². The number of carbonyl (C=O) groups excluding carboxylic acids is 1. The first-order valence-electron chi connectivity index (χ1n) is 7.86. The number of primary amides is 1. The highest BCUT2D eigenvalue weighted by atomic mass is 16.5. The number of nitrogens with one attached hydrogen (secondary N) is 1. The second-order valence-electron chi connectivity index (χ2n) is 5.67. The normalized spacial score (nSPS) is 26.3. The molecule has 1 aliphatic rings. The van der Waals surface area contributed by atoms with E-state index in [0.717, 1.165) is 58.5 Å². The van der Waals surface area contributed by atoms with E-state index in [9.17, 15) is 4.79 Å². The second-order valence-corrected chi connectivity index (χ2v) is 5.67. The van der Waals surface area contributed by atoms with Crippen molar-refractivity contribution in [2.75, 3.05) is 39.9 Å². The van der Waals surface area contributed by atoms with Gasteiger partial charge >= 0.3 is 0 Å². The van der Waals surface area contributed by atoms with Gasteiger partial charge < -0.3 is 20.7 Å². The molecule has 1 rings (SSSR count). The van der Waals surface area contributed by atoms with Crippen LogP contribution < -0.4 is 11.1 Å². The Morgan fingerprint density at radius 1 is 1.45 bits per heavy atom. The number of hydrogen-bond donors (Lipinski definition) is 2. The molecule has 2 atom stereocenters. The van der Waals surface area contributed by atoms with Crippen molar-refractivity contribution in [3.63, 3.8) is 0 Å². The molecule has 1 fully saturated rings. The average Bonchev–Trinajstić information content (AvgIpc) is 2.84. The lowest BCUT2D eigenvalue weighted by atomic mass is 9.83. The topological polar surface area (TPSA) is 67.6 Å². The predicted molar refractivity (Wildman–Crippen MR) is 81.6 cm³/mol. The summed E-state index contributed by atoms with van der Waals surface area (Å²) < 4.78 is 5.14. The Kier molecular flexibility index (Phi) is 7.48. The maximum absolute atomic E-state index is 11.9. The number of amides is 1. The molecule has 118 valence electrons. The van der Waals surface area contributed by atoms with E-state index in [2.05, 4.69) is 17.1 Å². The van der Waals surface area contributed by atoms with Crippen LogP contribution in [0, 0.1) is 5.92 Å². The first-order valence-corrected chi connectivity index (χ1v) is 7.86. The Morgan fingerprint density at radius 2 is 2.20 bits per heavy atom. The van der Waals surface area contributed by atoms with Crippen LogP contribution in [0.3, 0.4) is 0 Å². The first-order chi connectivity index (χ1) is 9.60. The summed E-state index contributed by atoms with van der Waals surface area (Å²) in [7, 11) is 1.73. The van der Waals surface area contributed by atoms with Crippen LogP contribution in [0.4, 0.5) is 0 Å². The van der Waals surface area contributed by atoms with Crippen LogP contribution in [0.15, 0.2) is 0 Å². The summed E-state index contributed by atoms with van der Waals surface area (Å²) in [4.78, 5) is 14.3. The summed E-state index contributed by atoms with van der Waals surface area (Å²) in [6, 6.07) is 0. The molecule has 0 radical (unpaired) electrons. The van der Waals surface area contributed by atoms with Gasteiger partial charge in [0.2, 0.25) is 5.91 Å². The molecule has 5 nitrogen and oxygen atoms in total. The molecule has 3 N–H and O–H groups in total. The van der Waals surface area contributed by atoms with Crippen molar-refractivity contribution in [1.82, 2.24) is 10.2 Å². The number of methoxy groups -OCH3 is 1. The van der Waals surface area contributed by atoms with E-state index in [1.807, 2.05) is 6.92 Å². The molecule has 20 heavy (non-hydrogen) atoms. The molecule has 0 bridgehead atoms. The van der Waals surface area contributed by atoms with Gasteiger partial charge in [-0.15, -0.1) is 0 Å². The van der Waals surface area contributed by atoms with Gasteiger partial charge in [-0.25, -0.2) is 0 Å². The van der Waals surface area contributed by atoms with Gasteiger partial charge in [-0.1, -0.05) is 20.3 Å². The van der Waals surface area contributed by atoms with Gasteiger partial charge in [0.1, 0.15) is 5.54 Å². The molecular weight excluding hydrogens is 254 g/mol. The van der Waals surface area contributed by atoms with E-state index in [0.29, 0.717) is 5.92 Å². The number of nitrogens with zero attached hydrogens (tertiary/aromatic N) is 1. The fourth-order valence-corrected chi connectivity index (χ4v) is 3.42. The summed E-state index contributed by atoms with van der Waals surface area (Å²) in [5.74, 6) is 0.179. The van der Waals surface area contributed by atoms with Crippen molar-refractivity contribution in [3.8, 4) is 0 Å². The quantitative estimate of drug-likeness (QED) is 0.628. The zero-order chi connectivity index (χ0) is 15.0. The van der Waals surface area contributed by atoms with Crippen LogP contribution in [-0.4, -0.2) is 56.2 Å². The van der Waals surface area contributed by atoms with Crippen molar-refractivity contribution < 1.29 is 9.53 Å². The molecule has 0 aromatic heterocycles. The molecule has 1 aliphatic carbocycles. The minimum atomic E-state index is -0.477. The van der Waals surface area contributed by atoms with E-state index < -0.39 is 5.54 Å². The summed E-state index contributed by atoms with van der Waals surface area (Å²) in [5.41, 5.74) is 5.22. The highest BCUT2D eigenvalue weighted by molar-refractivity contribution is 5.85. The molecule has 1 saturated carbocycles. The largest absolute Gasteiger partial charge is 0.383 e. The van der Waals surface area contributed by atoms with Crippen molar-refractivity contribution in [3.05, 3.63) is 0 Å². The zero-order valence-electron chi connectivity index (χ0n) is 13.3.